The molecule has 3 atom stereocenters. The molecule has 0 aromatic heterocycles. The number of thioether (sulfide) groups is 1. The van der Waals surface area contributed by atoms with Gasteiger partial charge in [-0.15, -0.1) is 0 Å². The number of carbonyl (C=O) groups is 2. The van der Waals surface area contributed by atoms with E-state index in [1.165, 1.54) is 11.8 Å². The van der Waals surface area contributed by atoms with E-state index in [2.05, 4.69) is 5.32 Å². The third-order valence-electron chi connectivity index (χ3n) is 4.39. The first-order chi connectivity index (χ1) is 14.2. The van der Waals surface area contributed by atoms with Crippen molar-refractivity contribution in [1.29, 1.82) is 0 Å². The minimum absolute atomic E-state index is 0.197. The maximum Gasteiger partial charge on any atom is 0.329 e. The van der Waals surface area contributed by atoms with Gasteiger partial charge in [-0.05, 0) is 39.2 Å². The van der Waals surface area contributed by atoms with Crippen LogP contribution in [0, 0.1) is 5.92 Å². The molecule has 6 nitrogen and oxygen atoms in total. The van der Waals surface area contributed by atoms with Gasteiger partial charge < -0.3 is 20.3 Å². The van der Waals surface area contributed by atoms with E-state index in [1.54, 1.807) is 0 Å². The molecule has 0 bridgehead atoms. The van der Waals surface area contributed by atoms with E-state index < -0.39 is 23.7 Å². The number of unbranched alkanes of at least 4 members (excludes halogenated alkanes) is 1. The third-order valence-corrected chi connectivity index (χ3v) is 5.65. The second kappa shape index (κ2) is 13.7. The van der Waals surface area contributed by atoms with Gasteiger partial charge in [0.25, 0.3) is 0 Å². The molecule has 1 rings (SSSR count). The van der Waals surface area contributed by atoms with E-state index >= 15 is 0 Å². The summed E-state index contributed by atoms with van der Waals surface area (Å²) in [5.74, 6) is -0.148. The van der Waals surface area contributed by atoms with Crippen LogP contribution in [0.2, 0.25) is 0 Å². The number of rotatable bonds is 13. The predicted octanol–water partition coefficient (Wildman–Crippen LogP) is 2.95. The Morgan fingerprint density at radius 1 is 1.17 bits per heavy atom. The molecule has 0 saturated heterocycles. The molecule has 3 N–H and O–H groups in total. The highest BCUT2D eigenvalue weighted by atomic mass is 32.2. The number of esters is 1. The van der Waals surface area contributed by atoms with Crippen LogP contribution in [0.25, 0.3) is 0 Å². The van der Waals surface area contributed by atoms with Crippen molar-refractivity contribution in [2.45, 2.75) is 71.1 Å². The normalized spacial score (nSPS) is 14.6. The van der Waals surface area contributed by atoms with Crippen molar-refractivity contribution in [1.82, 2.24) is 5.32 Å². The molecule has 0 heterocycles. The maximum absolute atomic E-state index is 13.1. The monoisotopic (exact) mass is 439 g/mol. The SMILES string of the molecule is CCCC[C@H](NC(=O)[C@@H](CSCC(O)CO)Cc1ccccc1)C(=O)OC(C)(C)C. The quantitative estimate of drug-likeness (QED) is 0.409. The van der Waals surface area contributed by atoms with Crippen LogP contribution in [0.15, 0.2) is 30.3 Å². The van der Waals surface area contributed by atoms with Gasteiger partial charge >= 0.3 is 5.97 Å². The zero-order valence-electron chi connectivity index (χ0n) is 18.6. The van der Waals surface area contributed by atoms with Crippen LogP contribution in [-0.2, 0) is 20.7 Å². The number of aliphatic hydroxyl groups is 2. The van der Waals surface area contributed by atoms with Crippen LogP contribution in [0.4, 0.5) is 0 Å². The summed E-state index contributed by atoms with van der Waals surface area (Å²) < 4.78 is 5.50. The molecule has 0 aliphatic heterocycles. The summed E-state index contributed by atoms with van der Waals surface area (Å²) in [5, 5.41) is 21.5. The fourth-order valence-electron chi connectivity index (χ4n) is 2.84. The summed E-state index contributed by atoms with van der Waals surface area (Å²) in [7, 11) is 0. The summed E-state index contributed by atoms with van der Waals surface area (Å²) in [5.41, 5.74) is 0.412. The first-order valence-electron chi connectivity index (χ1n) is 10.6. The Morgan fingerprint density at radius 3 is 2.40 bits per heavy atom. The number of carbonyl (C=O) groups excluding carboxylic acids is 2. The van der Waals surface area contributed by atoms with Gasteiger partial charge in [-0.1, -0.05) is 50.1 Å². The highest BCUT2D eigenvalue weighted by molar-refractivity contribution is 7.99. The Morgan fingerprint density at radius 2 is 1.83 bits per heavy atom. The van der Waals surface area contributed by atoms with Crippen molar-refractivity contribution in [3.8, 4) is 0 Å². The minimum atomic E-state index is -0.811. The first-order valence-corrected chi connectivity index (χ1v) is 11.8. The highest BCUT2D eigenvalue weighted by Crippen LogP contribution is 2.18. The molecule has 1 unspecified atom stereocenters. The molecule has 1 aromatic rings. The van der Waals surface area contributed by atoms with Crippen LogP contribution in [0.5, 0.6) is 0 Å². The number of hydrogen-bond acceptors (Lipinski definition) is 6. The number of hydrogen-bond donors (Lipinski definition) is 3. The second-order valence-corrected chi connectivity index (χ2v) is 9.57. The van der Waals surface area contributed by atoms with Crippen LogP contribution >= 0.6 is 11.8 Å². The lowest BCUT2D eigenvalue weighted by Gasteiger charge is -2.26. The van der Waals surface area contributed by atoms with Crippen molar-refractivity contribution < 1.29 is 24.5 Å². The molecule has 0 spiro atoms. The Labute approximate surface area is 184 Å². The Bertz CT molecular complexity index is 632. The Hall–Kier alpha value is -1.57. The number of nitrogens with one attached hydrogen (secondary N) is 1. The summed E-state index contributed by atoms with van der Waals surface area (Å²) in [4.78, 5) is 25.7. The van der Waals surface area contributed by atoms with Crippen LogP contribution in [-0.4, -0.2) is 57.9 Å². The average molecular weight is 440 g/mol. The zero-order chi connectivity index (χ0) is 22.6. The Kier molecular flexibility index (Phi) is 12.1. The Balaban J connectivity index is 2.87. The lowest BCUT2D eigenvalue weighted by molar-refractivity contribution is -0.159. The molecular weight excluding hydrogens is 402 g/mol. The highest BCUT2D eigenvalue weighted by Gasteiger charge is 2.29. The largest absolute Gasteiger partial charge is 0.458 e. The van der Waals surface area contributed by atoms with Gasteiger partial charge in [0.2, 0.25) is 5.91 Å². The van der Waals surface area contributed by atoms with Crippen LogP contribution < -0.4 is 5.32 Å². The molecular formula is C23H37NO5S. The van der Waals surface area contributed by atoms with Crippen molar-refractivity contribution in [3.63, 3.8) is 0 Å². The van der Waals surface area contributed by atoms with Gasteiger partial charge in [0.05, 0.1) is 18.6 Å². The molecule has 0 aliphatic carbocycles. The van der Waals surface area contributed by atoms with Crippen molar-refractivity contribution in [3.05, 3.63) is 35.9 Å². The smallest absolute Gasteiger partial charge is 0.329 e. The summed E-state index contributed by atoms with van der Waals surface area (Å²) >= 11 is 1.42. The van der Waals surface area contributed by atoms with E-state index in [9.17, 15) is 14.7 Å². The van der Waals surface area contributed by atoms with Crippen molar-refractivity contribution in [2.75, 3.05) is 18.1 Å². The summed E-state index contributed by atoms with van der Waals surface area (Å²) in [6.07, 6.45) is 1.98. The third kappa shape index (κ3) is 11.0. The molecule has 7 heteroatoms. The van der Waals surface area contributed by atoms with Gasteiger partial charge in [-0.2, -0.15) is 11.8 Å². The first kappa shape index (κ1) is 26.5. The predicted molar refractivity (Wildman–Crippen MR) is 121 cm³/mol. The number of ether oxygens (including phenoxy) is 1. The van der Waals surface area contributed by atoms with Crippen LogP contribution in [0.1, 0.15) is 52.5 Å². The van der Waals surface area contributed by atoms with E-state index in [0.717, 1.165) is 18.4 Å². The van der Waals surface area contributed by atoms with Crippen LogP contribution in [0.3, 0.4) is 0 Å². The molecule has 0 aliphatic rings. The number of amides is 1. The standard InChI is InChI=1S/C23H37NO5S/c1-5-6-12-20(22(28)29-23(2,3)4)24-21(27)18(15-30-16-19(26)14-25)13-17-10-8-7-9-11-17/h7-11,18-20,25-26H,5-6,12-16H2,1-4H3,(H,24,27)/t18-,19?,20+/m1/s1. The zero-order valence-corrected chi connectivity index (χ0v) is 19.4. The lowest BCUT2D eigenvalue weighted by Crippen LogP contribution is -2.47. The summed E-state index contributed by atoms with van der Waals surface area (Å²) in [6, 6.07) is 9.04. The fourth-order valence-corrected chi connectivity index (χ4v) is 3.91. The van der Waals surface area contributed by atoms with Gasteiger partial charge in [0.15, 0.2) is 0 Å². The van der Waals surface area contributed by atoms with Crippen molar-refractivity contribution >= 4 is 23.6 Å². The minimum Gasteiger partial charge on any atom is -0.458 e. The molecule has 1 aromatic carbocycles. The van der Waals surface area contributed by atoms with E-state index in [1.807, 2.05) is 58.0 Å². The van der Waals surface area contributed by atoms with E-state index in [4.69, 9.17) is 9.84 Å². The van der Waals surface area contributed by atoms with Crippen molar-refractivity contribution in [2.24, 2.45) is 5.92 Å². The lowest BCUT2D eigenvalue weighted by atomic mass is 9.99. The summed E-state index contributed by atoms with van der Waals surface area (Å²) in [6.45, 7) is 7.16. The topological polar surface area (TPSA) is 95.9 Å². The number of aliphatic hydroxyl groups excluding tert-OH is 2. The molecule has 0 fully saturated rings. The molecule has 1 amide bonds. The molecule has 30 heavy (non-hydrogen) atoms. The van der Waals surface area contributed by atoms with Gasteiger partial charge in [-0.25, -0.2) is 4.79 Å². The number of benzene rings is 1. The molecule has 0 saturated carbocycles. The fraction of sp³-hybridized carbons (Fsp3) is 0.652. The van der Waals surface area contributed by atoms with Gasteiger partial charge in [-0.3, -0.25) is 4.79 Å². The van der Waals surface area contributed by atoms with Gasteiger partial charge in [0, 0.05) is 11.5 Å². The average Bonchev–Trinajstić information content (AvgIpc) is 2.69. The second-order valence-electron chi connectivity index (χ2n) is 8.50. The molecule has 0 radical (unpaired) electrons. The van der Waals surface area contributed by atoms with E-state index in [-0.39, 0.29) is 18.4 Å². The maximum atomic E-state index is 13.1. The molecule has 170 valence electrons. The van der Waals surface area contributed by atoms with Gasteiger partial charge in [0.1, 0.15) is 11.6 Å². The van der Waals surface area contributed by atoms with E-state index in [0.29, 0.717) is 24.3 Å².